The van der Waals surface area contributed by atoms with E-state index in [0.717, 1.165) is 45.7 Å². The van der Waals surface area contributed by atoms with Crippen LogP contribution in [0.2, 0.25) is 0 Å². The van der Waals surface area contributed by atoms with Gasteiger partial charge in [-0.15, -0.1) is 0 Å². The third-order valence-electron chi connectivity index (χ3n) is 3.91. The number of nitrogens with zero attached hydrogens (tertiary/aromatic N) is 2. The SMILES string of the molecule is CCc1ccc(CN2CCN(CC(C)(C)O)CC2)cc1. The maximum atomic E-state index is 9.87. The first-order valence-corrected chi connectivity index (χ1v) is 7.71. The van der Waals surface area contributed by atoms with Crippen molar-refractivity contribution in [3.63, 3.8) is 0 Å². The Labute approximate surface area is 123 Å². The van der Waals surface area contributed by atoms with Crippen molar-refractivity contribution in [2.24, 2.45) is 0 Å². The minimum Gasteiger partial charge on any atom is -0.389 e. The lowest BCUT2D eigenvalue weighted by atomic mass is 10.1. The molecule has 0 unspecified atom stereocenters. The number of benzene rings is 1. The Morgan fingerprint density at radius 1 is 0.950 bits per heavy atom. The number of hydrogen-bond donors (Lipinski definition) is 1. The molecule has 1 aromatic rings. The summed E-state index contributed by atoms with van der Waals surface area (Å²) < 4.78 is 0. The van der Waals surface area contributed by atoms with Gasteiger partial charge in [0.2, 0.25) is 0 Å². The molecule has 0 saturated carbocycles. The van der Waals surface area contributed by atoms with Gasteiger partial charge in [-0.3, -0.25) is 9.80 Å². The van der Waals surface area contributed by atoms with Gasteiger partial charge in [-0.1, -0.05) is 31.2 Å². The van der Waals surface area contributed by atoms with Crippen molar-refractivity contribution in [1.82, 2.24) is 9.80 Å². The molecule has 0 atom stereocenters. The van der Waals surface area contributed by atoms with E-state index in [1.54, 1.807) is 0 Å². The van der Waals surface area contributed by atoms with Gasteiger partial charge in [0.25, 0.3) is 0 Å². The second kappa shape index (κ2) is 6.70. The first-order valence-electron chi connectivity index (χ1n) is 7.71. The standard InChI is InChI=1S/C17H28N2O/c1-4-15-5-7-16(8-6-15)13-18-9-11-19(12-10-18)14-17(2,3)20/h5-8,20H,4,9-14H2,1-3H3. The van der Waals surface area contributed by atoms with Crippen LogP contribution in [0, 0.1) is 0 Å². The Morgan fingerprint density at radius 2 is 1.45 bits per heavy atom. The fraction of sp³-hybridized carbons (Fsp3) is 0.647. The van der Waals surface area contributed by atoms with Gasteiger partial charge >= 0.3 is 0 Å². The van der Waals surface area contributed by atoms with Crippen LogP contribution in [0.15, 0.2) is 24.3 Å². The highest BCUT2D eigenvalue weighted by Gasteiger charge is 2.22. The Hall–Kier alpha value is -0.900. The highest BCUT2D eigenvalue weighted by molar-refractivity contribution is 5.22. The van der Waals surface area contributed by atoms with Gasteiger partial charge in [0, 0.05) is 39.3 Å². The highest BCUT2D eigenvalue weighted by atomic mass is 16.3. The summed E-state index contributed by atoms with van der Waals surface area (Å²) in [4.78, 5) is 4.86. The summed E-state index contributed by atoms with van der Waals surface area (Å²) in [5, 5.41) is 9.87. The predicted molar refractivity (Wildman–Crippen MR) is 83.8 cm³/mol. The van der Waals surface area contributed by atoms with E-state index in [1.807, 2.05) is 13.8 Å². The molecule has 3 nitrogen and oxygen atoms in total. The topological polar surface area (TPSA) is 26.7 Å². The van der Waals surface area contributed by atoms with Crippen LogP contribution in [0.5, 0.6) is 0 Å². The summed E-state index contributed by atoms with van der Waals surface area (Å²) in [5.41, 5.74) is 2.22. The van der Waals surface area contributed by atoms with Crippen LogP contribution in [-0.4, -0.2) is 53.2 Å². The van der Waals surface area contributed by atoms with Crippen LogP contribution < -0.4 is 0 Å². The molecular weight excluding hydrogens is 248 g/mol. The van der Waals surface area contributed by atoms with Gasteiger partial charge < -0.3 is 5.11 Å². The fourth-order valence-corrected chi connectivity index (χ4v) is 2.79. The normalized spacial score (nSPS) is 18.4. The lowest BCUT2D eigenvalue weighted by molar-refractivity contribution is 0.0167. The van der Waals surface area contributed by atoms with E-state index >= 15 is 0 Å². The first kappa shape index (κ1) is 15.5. The van der Waals surface area contributed by atoms with Gasteiger partial charge in [0.05, 0.1) is 5.60 Å². The van der Waals surface area contributed by atoms with Crippen LogP contribution in [0.4, 0.5) is 0 Å². The molecule has 1 aliphatic heterocycles. The average molecular weight is 276 g/mol. The molecule has 0 aliphatic carbocycles. The van der Waals surface area contributed by atoms with Crippen molar-refractivity contribution in [2.45, 2.75) is 39.3 Å². The van der Waals surface area contributed by atoms with Crippen LogP contribution in [0.1, 0.15) is 31.9 Å². The summed E-state index contributed by atoms with van der Waals surface area (Å²) in [5.74, 6) is 0. The Balaban J connectivity index is 1.79. The molecule has 1 fully saturated rings. The van der Waals surface area contributed by atoms with Crippen molar-refractivity contribution < 1.29 is 5.11 Å². The Kier molecular flexibility index (Phi) is 5.19. The quantitative estimate of drug-likeness (QED) is 0.892. The van der Waals surface area contributed by atoms with Crippen molar-refractivity contribution in [2.75, 3.05) is 32.7 Å². The van der Waals surface area contributed by atoms with Crippen molar-refractivity contribution >= 4 is 0 Å². The lowest BCUT2D eigenvalue weighted by Crippen LogP contribution is -2.50. The number of hydrogen-bond acceptors (Lipinski definition) is 3. The molecule has 3 heteroatoms. The number of piperazine rings is 1. The van der Waals surface area contributed by atoms with E-state index in [-0.39, 0.29) is 0 Å². The Bertz CT molecular complexity index is 400. The third kappa shape index (κ3) is 4.89. The number of aliphatic hydroxyl groups is 1. The zero-order valence-electron chi connectivity index (χ0n) is 13.1. The maximum absolute atomic E-state index is 9.87. The third-order valence-corrected chi connectivity index (χ3v) is 3.91. The van der Waals surface area contributed by atoms with Crippen LogP contribution >= 0.6 is 0 Å². The molecule has 1 heterocycles. The second-order valence-electron chi connectivity index (χ2n) is 6.53. The van der Waals surface area contributed by atoms with E-state index < -0.39 is 5.60 Å². The molecule has 112 valence electrons. The van der Waals surface area contributed by atoms with Crippen LogP contribution in [0.25, 0.3) is 0 Å². The van der Waals surface area contributed by atoms with E-state index in [9.17, 15) is 5.11 Å². The summed E-state index contributed by atoms with van der Waals surface area (Å²) in [7, 11) is 0. The monoisotopic (exact) mass is 276 g/mol. The highest BCUT2D eigenvalue weighted by Crippen LogP contribution is 2.12. The molecular formula is C17H28N2O. The average Bonchev–Trinajstić information content (AvgIpc) is 2.40. The smallest absolute Gasteiger partial charge is 0.0718 e. The zero-order chi connectivity index (χ0) is 14.6. The summed E-state index contributed by atoms with van der Waals surface area (Å²) in [6.07, 6.45) is 1.11. The molecule has 0 radical (unpaired) electrons. The molecule has 2 rings (SSSR count). The van der Waals surface area contributed by atoms with Gasteiger partial charge in [-0.2, -0.15) is 0 Å². The van der Waals surface area contributed by atoms with E-state index in [0.29, 0.717) is 0 Å². The minimum atomic E-state index is -0.585. The molecule has 0 spiro atoms. The molecule has 0 aromatic heterocycles. The van der Waals surface area contributed by atoms with Crippen molar-refractivity contribution in [3.8, 4) is 0 Å². The van der Waals surface area contributed by atoms with E-state index in [4.69, 9.17) is 0 Å². The molecule has 1 saturated heterocycles. The van der Waals surface area contributed by atoms with Gasteiger partial charge in [0.1, 0.15) is 0 Å². The number of rotatable bonds is 5. The Morgan fingerprint density at radius 3 is 1.95 bits per heavy atom. The molecule has 1 N–H and O–H groups in total. The second-order valence-corrected chi connectivity index (χ2v) is 6.53. The van der Waals surface area contributed by atoms with Gasteiger partial charge in [0.15, 0.2) is 0 Å². The molecule has 1 aromatic carbocycles. The van der Waals surface area contributed by atoms with Crippen LogP contribution in [-0.2, 0) is 13.0 Å². The van der Waals surface area contributed by atoms with Gasteiger partial charge in [-0.05, 0) is 31.4 Å². The maximum Gasteiger partial charge on any atom is 0.0718 e. The molecule has 0 amide bonds. The van der Waals surface area contributed by atoms with Crippen molar-refractivity contribution in [1.29, 1.82) is 0 Å². The van der Waals surface area contributed by atoms with Gasteiger partial charge in [-0.25, -0.2) is 0 Å². The van der Waals surface area contributed by atoms with Crippen molar-refractivity contribution in [3.05, 3.63) is 35.4 Å². The fourth-order valence-electron chi connectivity index (χ4n) is 2.79. The summed E-state index contributed by atoms with van der Waals surface area (Å²) in [6, 6.07) is 8.98. The first-order chi connectivity index (χ1) is 9.46. The van der Waals surface area contributed by atoms with E-state index in [2.05, 4.69) is 41.0 Å². The lowest BCUT2D eigenvalue weighted by Gasteiger charge is -2.37. The summed E-state index contributed by atoms with van der Waals surface area (Å²) >= 11 is 0. The molecule has 20 heavy (non-hydrogen) atoms. The molecule has 0 bridgehead atoms. The number of aryl methyl sites for hydroxylation is 1. The largest absolute Gasteiger partial charge is 0.389 e. The number of β-amino-alcohol motifs (C(OH)–C–C–N with tert-alkyl or cyclic N) is 1. The zero-order valence-corrected chi connectivity index (χ0v) is 13.1. The predicted octanol–water partition coefficient (Wildman–Crippen LogP) is 2.14. The molecule has 1 aliphatic rings. The van der Waals surface area contributed by atoms with Crippen LogP contribution in [0.3, 0.4) is 0 Å². The van der Waals surface area contributed by atoms with E-state index in [1.165, 1.54) is 11.1 Å². The summed E-state index contributed by atoms with van der Waals surface area (Å²) in [6.45, 7) is 12.1. The minimum absolute atomic E-state index is 0.585.